The molecule has 0 aliphatic rings. The van der Waals surface area contributed by atoms with Crippen molar-refractivity contribution in [2.45, 2.75) is 13.2 Å². The SMILES string of the molecule is c1ccc(COc2ccc(Nc3ncc4cc(-c5ccc(CNc6cccnc6)o5)ccc4n3)cc2)cc1. The van der Waals surface area contributed by atoms with Crippen molar-refractivity contribution < 1.29 is 9.15 Å². The fraction of sp³-hybridized carbons (Fsp3) is 0.0645. The largest absolute Gasteiger partial charge is 0.489 e. The van der Waals surface area contributed by atoms with Crippen molar-refractivity contribution in [1.29, 1.82) is 0 Å². The van der Waals surface area contributed by atoms with Gasteiger partial charge >= 0.3 is 0 Å². The van der Waals surface area contributed by atoms with Crippen LogP contribution in [0.2, 0.25) is 0 Å². The van der Waals surface area contributed by atoms with Crippen LogP contribution in [0.4, 0.5) is 17.3 Å². The Morgan fingerprint density at radius 3 is 2.53 bits per heavy atom. The number of hydrogen-bond donors (Lipinski definition) is 2. The number of benzene rings is 3. The maximum absolute atomic E-state index is 6.05. The minimum absolute atomic E-state index is 0.532. The lowest BCUT2D eigenvalue weighted by Crippen LogP contribution is -1.98. The highest BCUT2D eigenvalue weighted by Crippen LogP contribution is 2.27. The average molecular weight is 500 g/mol. The Balaban J connectivity index is 1.09. The second-order valence-corrected chi connectivity index (χ2v) is 8.75. The molecule has 186 valence electrons. The van der Waals surface area contributed by atoms with E-state index in [1.165, 1.54) is 0 Å². The molecule has 0 amide bonds. The van der Waals surface area contributed by atoms with Gasteiger partial charge in [-0.25, -0.2) is 9.97 Å². The third-order valence-electron chi connectivity index (χ3n) is 6.01. The number of pyridine rings is 1. The number of anilines is 3. The van der Waals surface area contributed by atoms with Gasteiger partial charge in [0.25, 0.3) is 0 Å². The number of ether oxygens (including phenoxy) is 1. The van der Waals surface area contributed by atoms with E-state index in [-0.39, 0.29) is 0 Å². The summed E-state index contributed by atoms with van der Waals surface area (Å²) in [6.07, 6.45) is 5.35. The number of nitrogens with one attached hydrogen (secondary N) is 2. The number of aromatic nitrogens is 3. The van der Waals surface area contributed by atoms with Crippen LogP contribution in [0.25, 0.3) is 22.2 Å². The molecule has 2 N–H and O–H groups in total. The molecule has 6 rings (SSSR count). The van der Waals surface area contributed by atoms with Crippen LogP contribution in [0.3, 0.4) is 0 Å². The van der Waals surface area contributed by atoms with Crippen LogP contribution in [0.15, 0.2) is 120 Å². The fourth-order valence-electron chi connectivity index (χ4n) is 4.04. The third kappa shape index (κ3) is 5.63. The molecule has 38 heavy (non-hydrogen) atoms. The molecule has 0 bridgehead atoms. The van der Waals surface area contributed by atoms with E-state index in [1.807, 2.05) is 103 Å². The maximum atomic E-state index is 6.05. The van der Waals surface area contributed by atoms with Crippen LogP contribution in [0.5, 0.6) is 5.75 Å². The quantitative estimate of drug-likeness (QED) is 0.217. The first-order valence-electron chi connectivity index (χ1n) is 12.3. The normalized spacial score (nSPS) is 10.8. The first kappa shape index (κ1) is 23.2. The average Bonchev–Trinajstić information content (AvgIpc) is 3.46. The molecule has 0 aliphatic heterocycles. The molecule has 0 aliphatic carbocycles. The van der Waals surface area contributed by atoms with E-state index in [2.05, 4.69) is 25.6 Å². The van der Waals surface area contributed by atoms with Crippen LogP contribution in [-0.4, -0.2) is 15.0 Å². The van der Waals surface area contributed by atoms with Gasteiger partial charge in [-0.3, -0.25) is 4.98 Å². The van der Waals surface area contributed by atoms with Gasteiger partial charge in [0.1, 0.15) is 23.9 Å². The van der Waals surface area contributed by atoms with Crippen LogP contribution in [0.1, 0.15) is 11.3 Å². The summed E-state index contributed by atoms with van der Waals surface area (Å²) in [4.78, 5) is 13.3. The highest BCUT2D eigenvalue weighted by Gasteiger charge is 2.08. The maximum Gasteiger partial charge on any atom is 0.227 e. The van der Waals surface area contributed by atoms with Crippen molar-refractivity contribution in [3.63, 3.8) is 0 Å². The molecule has 0 saturated heterocycles. The van der Waals surface area contributed by atoms with E-state index < -0.39 is 0 Å². The standard InChI is InChI=1S/C31H25N5O2/c1-2-5-22(6-3-1)21-37-27-11-9-25(10-12-27)35-31-34-18-24-17-23(8-14-29(24)36-31)30-15-13-28(38-30)20-33-26-7-4-16-32-19-26/h1-19,33H,20-21H2,(H,34,35,36). The predicted octanol–water partition coefficient (Wildman–Crippen LogP) is 7.22. The molecule has 0 fully saturated rings. The van der Waals surface area contributed by atoms with Gasteiger partial charge in [0, 0.05) is 35.2 Å². The van der Waals surface area contributed by atoms with Gasteiger partial charge in [0.15, 0.2) is 0 Å². The fourth-order valence-corrected chi connectivity index (χ4v) is 4.04. The molecule has 3 aromatic carbocycles. The van der Waals surface area contributed by atoms with Crippen molar-refractivity contribution in [3.05, 3.63) is 127 Å². The molecular formula is C31H25N5O2. The summed E-state index contributed by atoms with van der Waals surface area (Å²) in [7, 11) is 0. The Kier molecular flexibility index (Phi) is 6.63. The van der Waals surface area contributed by atoms with Crippen molar-refractivity contribution in [2.24, 2.45) is 0 Å². The highest BCUT2D eigenvalue weighted by molar-refractivity contribution is 5.84. The monoisotopic (exact) mass is 499 g/mol. The summed E-state index contributed by atoms with van der Waals surface area (Å²) in [5, 5.41) is 7.51. The minimum Gasteiger partial charge on any atom is -0.489 e. The van der Waals surface area contributed by atoms with Crippen molar-refractivity contribution in [3.8, 4) is 17.1 Å². The van der Waals surface area contributed by atoms with E-state index >= 15 is 0 Å². The third-order valence-corrected chi connectivity index (χ3v) is 6.01. The molecule has 0 spiro atoms. The van der Waals surface area contributed by atoms with Gasteiger partial charge in [0.2, 0.25) is 5.95 Å². The zero-order chi connectivity index (χ0) is 25.6. The first-order valence-corrected chi connectivity index (χ1v) is 12.3. The van der Waals surface area contributed by atoms with Crippen LogP contribution < -0.4 is 15.4 Å². The molecule has 0 atom stereocenters. The number of nitrogens with zero attached hydrogens (tertiary/aromatic N) is 3. The molecule has 7 nitrogen and oxygen atoms in total. The molecule has 6 aromatic rings. The Bertz CT molecular complexity index is 1630. The lowest BCUT2D eigenvalue weighted by molar-refractivity contribution is 0.306. The topological polar surface area (TPSA) is 85.1 Å². The second kappa shape index (κ2) is 10.8. The Morgan fingerprint density at radius 2 is 1.68 bits per heavy atom. The Hall–Kier alpha value is -5.17. The zero-order valence-corrected chi connectivity index (χ0v) is 20.5. The summed E-state index contributed by atoms with van der Waals surface area (Å²) in [6, 6.07) is 31.7. The summed E-state index contributed by atoms with van der Waals surface area (Å²) < 4.78 is 11.9. The molecular weight excluding hydrogens is 474 g/mol. The minimum atomic E-state index is 0.532. The highest BCUT2D eigenvalue weighted by atomic mass is 16.5. The van der Waals surface area contributed by atoms with E-state index in [9.17, 15) is 0 Å². The van der Waals surface area contributed by atoms with Gasteiger partial charge < -0.3 is 19.8 Å². The number of hydrogen-bond acceptors (Lipinski definition) is 7. The van der Waals surface area contributed by atoms with Crippen molar-refractivity contribution in [2.75, 3.05) is 10.6 Å². The molecule has 0 unspecified atom stereocenters. The van der Waals surface area contributed by atoms with Crippen molar-refractivity contribution in [1.82, 2.24) is 15.0 Å². The number of fused-ring (bicyclic) bond motifs is 1. The Labute approximate surface area is 220 Å². The van der Waals surface area contributed by atoms with E-state index in [0.717, 1.165) is 50.7 Å². The second-order valence-electron chi connectivity index (χ2n) is 8.75. The number of furan rings is 1. The van der Waals surface area contributed by atoms with Gasteiger partial charge in [0.05, 0.1) is 17.7 Å². The summed E-state index contributed by atoms with van der Waals surface area (Å²) >= 11 is 0. The Morgan fingerprint density at radius 1 is 0.789 bits per heavy atom. The van der Waals surface area contributed by atoms with E-state index in [0.29, 0.717) is 19.1 Å². The lowest BCUT2D eigenvalue weighted by atomic mass is 10.1. The summed E-state index contributed by atoms with van der Waals surface area (Å²) in [5.74, 6) is 2.98. The summed E-state index contributed by atoms with van der Waals surface area (Å²) in [5.41, 5.74) is 4.79. The van der Waals surface area contributed by atoms with Gasteiger partial charge in [-0.1, -0.05) is 30.3 Å². The van der Waals surface area contributed by atoms with Crippen LogP contribution in [0, 0.1) is 0 Å². The van der Waals surface area contributed by atoms with E-state index in [1.54, 1.807) is 12.4 Å². The summed E-state index contributed by atoms with van der Waals surface area (Å²) in [6.45, 7) is 1.11. The van der Waals surface area contributed by atoms with Crippen LogP contribution in [-0.2, 0) is 13.2 Å². The number of rotatable bonds is 9. The van der Waals surface area contributed by atoms with E-state index in [4.69, 9.17) is 9.15 Å². The lowest BCUT2D eigenvalue weighted by Gasteiger charge is -2.09. The first-order chi connectivity index (χ1) is 18.8. The van der Waals surface area contributed by atoms with Gasteiger partial charge in [-0.15, -0.1) is 0 Å². The zero-order valence-electron chi connectivity index (χ0n) is 20.5. The molecule has 0 radical (unpaired) electrons. The molecule has 3 aromatic heterocycles. The molecule has 0 saturated carbocycles. The molecule has 3 heterocycles. The van der Waals surface area contributed by atoms with Gasteiger partial charge in [-0.05, 0) is 72.3 Å². The predicted molar refractivity (Wildman–Crippen MR) is 149 cm³/mol. The van der Waals surface area contributed by atoms with Gasteiger partial charge in [-0.2, -0.15) is 0 Å². The molecule has 7 heteroatoms. The van der Waals surface area contributed by atoms with Crippen LogP contribution >= 0.6 is 0 Å². The smallest absolute Gasteiger partial charge is 0.227 e. The van der Waals surface area contributed by atoms with Crippen molar-refractivity contribution >= 4 is 28.2 Å².